The first kappa shape index (κ1) is 21.6. The fraction of sp³-hybridized carbons (Fsp3) is 0.786. The zero-order valence-corrected chi connectivity index (χ0v) is 15.6. The lowest BCUT2D eigenvalue weighted by molar-refractivity contribution is -0.756. The van der Waals surface area contributed by atoms with Crippen molar-refractivity contribution in [3.05, 3.63) is 10.1 Å². The van der Waals surface area contributed by atoms with Crippen LogP contribution in [-0.4, -0.2) is 65.0 Å². The number of likely N-dealkylation sites (tertiary alicyclic amines) is 1. The third-order valence-corrected chi connectivity index (χ3v) is 5.77. The molecule has 1 atom stereocenters. The second-order valence-electron chi connectivity index (χ2n) is 5.18. The normalized spacial score (nSPS) is 15.1. The number of Topliss-reactive ketones (excluding diaryl/α,β-unsaturated/α-hetero) is 1. The predicted octanol–water partition coefficient (Wildman–Crippen LogP) is 1.48. The standard InChI is InChI=1S/C14H22N2O7S2/c1-2-11(15-5-3-4-13(15)18)12(17)10-14(19)22-6-8-24-25-9-7-23-16(20)21/h11H,2-10H2,1H3/t11-/m0/s1. The highest BCUT2D eigenvalue weighted by molar-refractivity contribution is 8.76. The van der Waals surface area contributed by atoms with Gasteiger partial charge in [-0.25, -0.2) is 0 Å². The van der Waals surface area contributed by atoms with Crippen LogP contribution in [0.3, 0.4) is 0 Å². The highest BCUT2D eigenvalue weighted by Crippen LogP contribution is 2.20. The molecule has 0 saturated carbocycles. The molecule has 0 unspecified atom stereocenters. The lowest BCUT2D eigenvalue weighted by Gasteiger charge is -2.25. The van der Waals surface area contributed by atoms with Gasteiger partial charge in [0, 0.05) is 24.5 Å². The van der Waals surface area contributed by atoms with E-state index in [9.17, 15) is 24.5 Å². The van der Waals surface area contributed by atoms with E-state index in [1.54, 1.807) is 4.90 Å². The average molecular weight is 394 g/mol. The molecule has 0 aliphatic carbocycles. The second kappa shape index (κ2) is 12.0. The van der Waals surface area contributed by atoms with Crippen molar-refractivity contribution in [1.29, 1.82) is 0 Å². The topological polar surface area (TPSA) is 116 Å². The molecule has 1 saturated heterocycles. The maximum Gasteiger partial charge on any atom is 0.313 e. The summed E-state index contributed by atoms with van der Waals surface area (Å²) in [5, 5.41) is 9.09. The van der Waals surface area contributed by atoms with Crippen molar-refractivity contribution in [2.75, 3.05) is 31.3 Å². The van der Waals surface area contributed by atoms with Crippen LogP contribution >= 0.6 is 21.6 Å². The van der Waals surface area contributed by atoms with Crippen LogP contribution in [0.15, 0.2) is 0 Å². The third-order valence-electron chi connectivity index (χ3n) is 3.44. The molecule has 0 aromatic heterocycles. The summed E-state index contributed by atoms with van der Waals surface area (Å²) in [6.45, 7) is 2.54. The number of carbonyl (C=O) groups excluding carboxylic acids is 3. The van der Waals surface area contributed by atoms with E-state index in [1.165, 1.54) is 21.6 Å². The number of amides is 1. The number of hydrogen-bond acceptors (Lipinski definition) is 9. The number of carbonyl (C=O) groups is 3. The molecular formula is C14H22N2O7S2. The fourth-order valence-electron chi connectivity index (χ4n) is 2.38. The van der Waals surface area contributed by atoms with E-state index in [0.717, 1.165) is 6.42 Å². The van der Waals surface area contributed by atoms with Crippen LogP contribution in [0.2, 0.25) is 0 Å². The van der Waals surface area contributed by atoms with E-state index in [-0.39, 0.29) is 31.3 Å². The van der Waals surface area contributed by atoms with Crippen LogP contribution in [0.25, 0.3) is 0 Å². The Labute approximate surface area is 153 Å². The number of esters is 1. The van der Waals surface area contributed by atoms with Gasteiger partial charge in [0.1, 0.15) is 19.6 Å². The Morgan fingerprint density at radius 1 is 1.32 bits per heavy atom. The Bertz CT molecular complexity index is 490. The lowest BCUT2D eigenvalue weighted by atomic mass is 10.1. The van der Waals surface area contributed by atoms with E-state index in [2.05, 4.69) is 4.84 Å². The first-order valence-electron chi connectivity index (χ1n) is 7.95. The smallest absolute Gasteiger partial charge is 0.313 e. The van der Waals surface area contributed by atoms with Crippen molar-refractivity contribution < 1.29 is 29.0 Å². The summed E-state index contributed by atoms with van der Waals surface area (Å²) in [7, 11) is 2.77. The van der Waals surface area contributed by atoms with E-state index in [1.807, 2.05) is 6.92 Å². The van der Waals surface area contributed by atoms with E-state index >= 15 is 0 Å². The van der Waals surface area contributed by atoms with Gasteiger partial charge in [-0.15, -0.1) is 10.1 Å². The number of hydrogen-bond donors (Lipinski definition) is 0. The summed E-state index contributed by atoms with van der Waals surface area (Å²) >= 11 is 0. The summed E-state index contributed by atoms with van der Waals surface area (Å²) in [5.74, 6) is 0.0208. The molecule has 1 aliphatic rings. The fourth-order valence-corrected chi connectivity index (χ4v) is 4.03. The minimum absolute atomic E-state index is 0.00653. The minimum atomic E-state index is -0.844. The van der Waals surface area contributed by atoms with Gasteiger partial charge in [-0.2, -0.15) is 0 Å². The Morgan fingerprint density at radius 2 is 2.00 bits per heavy atom. The van der Waals surface area contributed by atoms with Gasteiger partial charge in [-0.3, -0.25) is 14.4 Å². The predicted molar refractivity (Wildman–Crippen MR) is 93.5 cm³/mol. The number of ketones is 1. The maximum atomic E-state index is 12.2. The van der Waals surface area contributed by atoms with Gasteiger partial charge in [0.25, 0.3) is 5.09 Å². The Morgan fingerprint density at radius 3 is 2.56 bits per heavy atom. The Hall–Kier alpha value is -1.49. The summed E-state index contributed by atoms with van der Waals surface area (Å²) in [5.41, 5.74) is 0. The highest BCUT2D eigenvalue weighted by atomic mass is 33.1. The molecule has 0 bridgehead atoms. The van der Waals surface area contributed by atoms with Gasteiger partial charge in [-0.05, 0) is 12.8 Å². The van der Waals surface area contributed by atoms with Crippen molar-refractivity contribution in [1.82, 2.24) is 4.90 Å². The molecule has 1 rings (SSSR count). The van der Waals surface area contributed by atoms with Gasteiger partial charge < -0.3 is 14.5 Å². The van der Waals surface area contributed by atoms with Crippen LogP contribution in [-0.2, 0) is 24.0 Å². The summed E-state index contributed by atoms with van der Waals surface area (Å²) < 4.78 is 5.00. The average Bonchev–Trinajstić information content (AvgIpc) is 2.96. The first-order chi connectivity index (χ1) is 12.0. The minimum Gasteiger partial charge on any atom is -0.464 e. The van der Waals surface area contributed by atoms with E-state index < -0.39 is 17.1 Å². The number of ether oxygens (including phenoxy) is 1. The van der Waals surface area contributed by atoms with Crippen molar-refractivity contribution in [3.63, 3.8) is 0 Å². The zero-order chi connectivity index (χ0) is 18.7. The van der Waals surface area contributed by atoms with E-state index in [4.69, 9.17) is 4.74 Å². The first-order valence-corrected chi connectivity index (χ1v) is 10.4. The summed E-state index contributed by atoms with van der Waals surface area (Å²) in [6.07, 6.45) is 1.35. The molecule has 1 fully saturated rings. The van der Waals surface area contributed by atoms with Gasteiger partial charge in [0.2, 0.25) is 5.91 Å². The quantitative estimate of drug-likeness (QED) is 0.114. The molecule has 25 heavy (non-hydrogen) atoms. The van der Waals surface area contributed by atoms with Gasteiger partial charge in [0.15, 0.2) is 5.78 Å². The van der Waals surface area contributed by atoms with Crippen LogP contribution in [0.5, 0.6) is 0 Å². The zero-order valence-electron chi connectivity index (χ0n) is 14.0. The van der Waals surface area contributed by atoms with Crippen molar-refractivity contribution in [3.8, 4) is 0 Å². The van der Waals surface area contributed by atoms with Crippen LogP contribution in [0.1, 0.15) is 32.6 Å². The van der Waals surface area contributed by atoms with Gasteiger partial charge in [-0.1, -0.05) is 28.5 Å². The van der Waals surface area contributed by atoms with Crippen LogP contribution in [0.4, 0.5) is 0 Å². The summed E-state index contributed by atoms with van der Waals surface area (Å²) in [6, 6.07) is -0.547. The molecular weight excluding hydrogens is 372 g/mol. The van der Waals surface area contributed by atoms with Gasteiger partial charge >= 0.3 is 5.97 Å². The summed E-state index contributed by atoms with van der Waals surface area (Å²) in [4.78, 5) is 51.3. The molecule has 1 heterocycles. The Kier molecular flexibility index (Phi) is 10.3. The maximum absolute atomic E-state index is 12.2. The Balaban J connectivity index is 2.15. The molecule has 9 nitrogen and oxygen atoms in total. The van der Waals surface area contributed by atoms with Crippen molar-refractivity contribution >= 4 is 39.2 Å². The lowest BCUT2D eigenvalue weighted by Crippen LogP contribution is -2.42. The molecule has 1 amide bonds. The van der Waals surface area contributed by atoms with Crippen LogP contribution < -0.4 is 0 Å². The SMILES string of the molecule is CC[C@@H](C(=O)CC(=O)OCCSSCCO[N+](=O)[O-])N1CCCC1=O. The van der Waals surface area contributed by atoms with Crippen molar-refractivity contribution in [2.24, 2.45) is 0 Å². The molecule has 0 radical (unpaired) electrons. The molecule has 142 valence electrons. The third kappa shape index (κ3) is 8.43. The molecule has 0 spiro atoms. The molecule has 11 heteroatoms. The molecule has 1 aliphatic heterocycles. The van der Waals surface area contributed by atoms with E-state index in [0.29, 0.717) is 30.9 Å². The monoisotopic (exact) mass is 394 g/mol. The number of rotatable bonds is 13. The molecule has 0 N–H and O–H groups in total. The number of nitrogens with zero attached hydrogens (tertiary/aromatic N) is 2. The largest absolute Gasteiger partial charge is 0.464 e. The molecule has 0 aromatic rings. The highest BCUT2D eigenvalue weighted by Gasteiger charge is 2.32. The van der Waals surface area contributed by atoms with Gasteiger partial charge in [0.05, 0.1) is 6.04 Å². The second-order valence-corrected chi connectivity index (χ2v) is 7.88. The van der Waals surface area contributed by atoms with Crippen molar-refractivity contribution in [2.45, 2.75) is 38.6 Å². The molecule has 0 aromatic carbocycles. The van der Waals surface area contributed by atoms with Crippen LogP contribution in [0, 0.1) is 10.1 Å².